The summed E-state index contributed by atoms with van der Waals surface area (Å²) in [4.78, 5) is 10.5. The predicted octanol–water partition coefficient (Wildman–Crippen LogP) is 2.99. The van der Waals surface area contributed by atoms with E-state index in [9.17, 15) is 0 Å². The normalized spacial score (nSPS) is 15.2. The Morgan fingerprint density at radius 3 is 2.90 bits per heavy atom. The van der Waals surface area contributed by atoms with Gasteiger partial charge in [0.15, 0.2) is 5.96 Å². The molecule has 1 aliphatic carbocycles. The molecule has 0 aromatic carbocycles. The molecule has 0 radical (unpaired) electrons. The van der Waals surface area contributed by atoms with Crippen LogP contribution in [0.3, 0.4) is 0 Å². The van der Waals surface area contributed by atoms with Gasteiger partial charge in [-0.25, -0.2) is 4.98 Å². The fourth-order valence-corrected chi connectivity index (χ4v) is 3.10. The lowest BCUT2D eigenvalue weighted by atomic mass is 10.2. The number of hydrogen-bond acceptors (Lipinski definition) is 3. The first kappa shape index (κ1) is 16.3. The largest absolute Gasteiger partial charge is 0.357 e. The second-order valence-corrected chi connectivity index (χ2v) is 6.80. The molecule has 1 aliphatic rings. The Hall–Kier alpha value is -1.10. The minimum absolute atomic E-state index is 0.894. The Labute approximate surface area is 132 Å². The number of rotatable bonds is 9. The van der Waals surface area contributed by atoms with E-state index in [1.165, 1.54) is 35.6 Å². The number of hydrogen-bond donors (Lipinski definition) is 2. The van der Waals surface area contributed by atoms with Crippen molar-refractivity contribution in [1.29, 1.82) is 0 Å². The smallest absolute Gasteiger partial charge is 0.191 e. The third-order valence-electron chi connectivity index (χ3n) is 3.66. The maximum absolute atomic E-state index is 4.64. The second kappa shape index (κ2) is 9.03. The van der Waals surface area contributed by atoms with E-state index < -0.39 is 0 Å². The molecule has 1 aromatic heterocycles. The molecule has 2 rings (SSSR count). The SMILES string of the molecule is CCNC(=NCCCC1CC1)NCCc1ncc(CC)s1. The average molecular weight is 308 g/mol. The topological polar surface area (TPSA) is 49.3 Å². The van der Waals surface area contributed by atoms with Crippen LogP contribution < -0.4 is 10.6 Å². The van der Waals surface area contributed by atoms with Crippen molar-refractivity contribution in [3.63, 3.8) is 0 Å². The van der Waals surface area contributed by atoms with Crippen molar-refractivity contribution in [3.8, 4) is 0 Å². The molecular weight excluding hydrogens is 280 g/mol. The van der Waals surface area contributed by atoms with Crippen molar-refractivity contribution in [1.82, 2.24) is 15.6 Å². The molecule has 2 N–H and O–H groups in total. The van der Waals surface area contributed by atoms with E-state index in [0.29, 0.717) is 0 Å². The Morgan fingerprint density at radius 2 is 2.24 bits per heavy atom. The number of aryl methyl sites for hydroxylation is 1. The van der Waals surface area contributed by atoms with E-state index in [2.05, 4.69) is 34.5 Å². The van der Waals surface area contributed by atoms with Gasteiger partial charge in [0.05, 0.1) is 5.01 Å². The van der Waals surface area contributed by atoms with Gasteiger partial charge in [0.1, 0.15) is 0 Å². The van der Waals surface area contributed by atoms with Crippen LogP contribution in [0.15, 0.2) is 11.2 Å². The van der Waals surface area contributed by atoms with Crippen LogP contribution in [-0.4, -0.2) is 30.6 Å². The van der Waals surface area contributed by atoms with Gasteiger partial charge in [-0.3, -0.25) is 4.99 Å². The van der Waals surface area contributed by atoms with Crippen LogP contribution in [0, 0.1) is 5.92 Å². The van der Waals surface area contributed by atoms with E-state index >= 15 is 0 Å². The van der Waals surface area contributed by atoms with Gasteiger partial charge >= 0.3 is 0 Å². The molecule has 118 valence electrons. The van der Waals surface area contributed by atoms with Gasteiger partial charge in [-0.15, -0.1) is 11.3 Å². The zero-order valence-corrected chi connectivity index (χ0v) is 14.1. The monoisotopic (exact) mass is 308 g/mol. The number of thiazole rings is 1. The van der Waals surface area contributed by atoms with Gasteiger partial charge in [-0.05, 0) is 32.1 Å². The summed E-state index contributed by atoms with van der Waals surface area (Å²) in [5.74, 6) is 1.95. The molecule has 1 fully saturated rings. The number of aliphatic imine (C=N–C) groups is 1. The van der Waals surface area contributed by atoms with Crippen molar-refractivity contribution >= 4 is 17.3 Å². The van der Waals surface area contributed by atoms with Crippen molar-refractivity contribution in [2.45, 2.75) is 52.4 Å². The van der Waals surface area contributed by atoms with E-state index in [1.807, 2.05) is 17.5 Å². The quantitative estimate of drug-likeness (QED) is 0.419. The Balaban J connectivity index is 1.66. The highest BCUT2D eigenvalue weighted by atomic mass is 32.1. The molecule has 0 amide bonds. The van der Waals surface area contributed by atoms with Crippen molar-refractivity contribution in [2.24, 2.45) is 10.9 Å². The van der Waals surface area contributed by atoms with Gasteiger partial charge in [-0.2, -0.15) is 0 Å². The number of nitrogens with zero attached hydrogens (tertiary/aromatic N) is 2. The highest BCUT2D eigenvalue weighted by molar-refractivity contribution is 7.11. The summed E-state index contributed by atoms with van der Waals surface area (Å²) in [6.07, 6.45) is 9.49. The standard InChI is InChI=1S/C16H28N4S/c1-3-14-12-20-15(21-14)9-11-19-16(17-4-2)18-10-5-6-13-7-8-13/h12-13H,3-11H2,1-2H3,(H2,17,18,19). The third kappa shape index (κ3) is 6.46. The van der Waals surface area contributed by atoms with Gasteiger partial charge in [0, 0.05) is 37.1 Å². The molecule has 4 nitrogen and oxygen atoms in total. The van der Waals surface area contributed by atoms with Crippen LogP contribution in [-0.2, 0) is 12.8 Å². The molecular formula is C16H28N4S. The van der Waals surface area contributed by atoms with Crippen LogP contribution in [0.1, 0.15) is 49.4 Å². The summed E-state index contributed by atoms with van der Waals surface area (Å²) in [5.41, 5.74) is 0. The number of nitrogens with one attached hydrogen (secondary N) is 2. The molecule has 0 unspecified atom stereocenters. The molecule has 0 atom stereocenters. The summed E-state index contributed by atoms with van der Waals surface area (Å²) in [6, 6.07) is 0. The van der Waals surface area contributed by atoms with Crippen molar-refractivity contribution < 1.29 is 0 Å². The highest BCUT2D eigenvalue weighted by Gasteiger charge is 2.19. The molecule has 5 heteroatoms. The molecule has 0 spiro atoms. The summed E-state index contributed by atoms with van der Waals surface area (Å²) < 4.78 is 0. The van der Waals surface area contributed by atoms with E-state index in [1.54, 1.807) is 0 Å². The van der Waals surface area contributed by atoms with Crippen LogP contribution in [0.2, 0.25) is 0 Å². The molecule has 0 saturated heterocycles. The maximum atomic E-state index is 4.64. The first-order chi connectivity index (χ1) is 10.3. The Bertz CT molecular complexity index is 437. The molecule has 1 heterocycles. The zero-order valence-electron chi connectivity index (χ0n) is 13.3. The Morgan fingerprint density at radius 1 is 1.38 bits per heavy atom. The van der Waals surface area contributed by atoms with Crippen LogP contribution in [0.5, 0.6) is 0 Å². The lowest BCUT2D eigenvalue weighted by molar-refractivity contribution is 0.670. The highest BCUT2D eigenvalue weighted by Crippen LogP contribution is 2.33. The van der Waals surface area contributed by atoms with Crippen molar-refractivity contribution in [2.75, 3.05) is 19.6 Å². The Kier molecular flexibility index (Phi) is 7.00. The summed E-state index contributed by atoms with van der Waals surface area (Å²) >= 11 is 1.82. The lowest BCUT2D eigenvalue weighted by Gasteiger charge is -2.10. The van der Waals surface area contributed by atoms with Gasteiger partial charge < -0.3 is 10.6 Å². The molecule has 1 aromatic rings. The fraction of sp³-hybridized carbons (Fsp3) is 0.750. The minimum Gasteiger partial charge on any atom is -0.357 e. The maximum Gasteiger partial charge on any atom is 0.191 e. The molecule has 21 heavy (non-hydrogen) atoms. The molecule has 0 bridgehead atoms. The second-order valence-electron chi connectivity index (χ2n) is 5.60. The minimum atomic E-state index is 0.894. The summed E-state index contributed by atoms with van der Waals surface area (Å²) in [5, 5.41) is 7.93. The zero-order chi connectivity index (χ0) is 14.9. The van der Waals surface area contributed by atoms with Gasteiger partial charge in [0.2, 0.25) is 0 Å². The van der Waals surface area contributed by atoms with Crippen LogP contribution in [0.4, 0.5) is 0 Å². The van der Waals surface area contributed by atoms with Gasteiger partial charge in [0.25, 0.3) is 0 Å². The predicted molar refractivity (Wildman–Crippen MR) is 91.1 cm³/mol. The molecule has 0 aliphatic heterocycles. The summed E-state index contributed by atoms with van der Waals surface area (Å²) in [6.45, 7) is 7.02. The van der Waals surface area contributed by atoms with Crippen LogP contribution in [0.25, 0.3) is 0 Å². The first-order valence-electron chi connectivity index (χ1n) is 8.27. The number of guanidine groups is 1. The lowest BCUT2D eigenvalue weighted by Crippen LogP contribution is -2.38. The first-order valence-corrected chi connectivity index (χ1v) is 9.09. The van der Waals surface area contributed by atoms with E-state index in [0.717, 1.165) is 44.4 Å². The average Bonchev–Trinajstić information content (AvgIpc) is 3.20. The fourth-order valence-electron chi connectivity index (χ4n) is 2.23. The van der Waals surface area contributed by atoms with E-state index in [4.69, 9.17) is 0 Å². The number of aromatic nitrogens is 1. The summed E-state index contributed by atoms with van der Waals surface area (Å²) in [7, 11) is 0. The van der Waals surface area contributed by atoms with E-state index in [-0.39, 0.29) is 0 Å². The third-order valence-corrected chi connectivity index (χ3v) is 4.86. The van der Waals surface area contributed by atoms with Crippen molar-refractivity contribution in [3.05, 3.63) is 16.1 Å². The molecule has 1 saturated carbocycles. The van der Waals surface area contributed by atoms with Crippen LogP contribution >= 0.6 is 11.3 Å². The van der Waals surface area contributed by atoms with Gasteiger partial charge in [-0.1, -0.05) is 19.8 Å².